The van der Waals surface area contributed by atoms with Crippen LogP contribution in [0.4, 0.5) is 0 Å². The Hall–Kier alpha value is -3.65. The number of nitriles is 2. The number of aromatic nitrogens is 2. The van der Waals surface area contributed by atoms with Crippen LogP contribution in [0.3, 0.4) is 0 Å². The second kappa shape index (κ2) is 7.76. The highest BCUT2D eigenvalue weighted by Gasteiger charge is 2.37. The molecule has 3 rings (SSSR count). The van der Waals surface area contributed by atoms with Gasteiger partial charge in [0.2, 0.25) is 0 Å². The van der Waals surface area contributed by atoms with E-state index in [-0.39, 0.29) is 11.5 Å². The van der Waals surface area contributed by atoms with Gasteiger partial charge in [0, 0.05) is 53.5 Å². The van der Waals surface area contributed by atoms with Crippen LogP contribution < -0.4 is 4.74 Å². The second-order valence-corrected chi connectivity index (χ2v) is 7.67. The average Bonchev–Trinajstić information content (AvgIpc) is 3.25. The van der Waals surface area contributed by atoms with E-state index >= 15 is 0 Å². The molecule has 148 valence electrons. The number of nitrogens with one attached hydrogen (secondary N) is 1. The normalized spacial score (nSPS) is 19.1. The van der Waals surface area contributed by atoms with E-state index < -0.39 is 0 Å². The van der Waals surface area contributed by atoms with Gasteiger partial charge < -0.3 is 15.0 Å². The van der Waals surface area contributed by atoms with Crippen molar-refractivity contribution in [1.82, 2.24) is 14.5 Å². The van der Waals surface area contributed by atoms with Crippen LogP contribution in [0.5, 0.6) is 5.75 Å². The Morgan fingerprint density at radius 2 is 2.21 bits per heavy atom. The summed E-state index contributed by atoms with van der Waals surface area (Å²) < 4.78 is 7.03. The highest BCUT2D eigenvalue weighted by molar-refractivity contribution is 6.09. The first-order valence-corrected chi connectivity index (χ1v) is 9.23. The monoisotopic (exact) mass is 389 g/mol. The number of hydrogen-bond acceptors (Lipinski definition) is 7. The van der Waals surface area contributed by atoms with E-state index in [2.05, 4.69) is 36.2 Å². The third-order valence-corrected chi connectivity index (χ3v) is 5.27. The van der Waals surface area contributed by atoms with E-state index in [1.54, 1.807) is 21.7 Å². The van der Waals surface area contributed by atoms with Gasteiger partial charge in [-0.15, -0.1) is 0 Å². The molecule has 2 aromatic rings. The minimum atomic E-state index is -0.176. The van der Waals surface area contributed by atoms with Crippen LogP contribution in [0, 0.1) is 34.1 Å². The molecule has 8 heteroatoms. The maximum atomic E-state index is 9.28. The van der Waals surface area contributed by atoms with Gasteiger partial charge in [-0.1, -0.05) is 0 Å². The molecule has 0 saturated carbocycles. The first-order chi connectivity index (χ1) is 13.8. The zero-order valence-corrected chi connectivity index (χ0v) is 17.0. The number of allylic oxidation sites excluding steroid dienone is 2. The maximum absolute atomic E-state index is 9.28. The molecule has 1 aliphatic heterocycles. The smallest absolute Gasteiger partial charge is 0.179 e. The molecule has 3 heterocycles. The molecular weight excluding hydrogens is 366 g/mol. The van der Waals surface area contributed by atoms with Gasteiger partial charge in [0.25, 0.3) is 0 Å². The molecule has 1 unspecified atom stereocenters. The molecule has 29 heavy (non-hydrogen) atoms. The van der Waals surface area contributed by atoms with Crippen molar-refractivity contribution < 1.29 is 4.74 Å². The number of hydrogen-bond donors (Lipinski definition) is 1. The average molecular weight is 389 g/mol. The number of rotatable bonds is 5. The van der Waals surface area contributed by atoms with Gasteiger partial charge in [-0.25, -0.2) is 4.52 Å². The van der Waals surface area contributed by atoms with Crippen molar-refractivity contribution in [2.24, 2.45) is 10.9 Å². The zero-order valence-electron chi connectivity index (χ0n) is 17.0. The lowest BCUT2D eigenvalue weighted by atomic mass is 9.97. The minimum absolute atomic E-state index is 0.174. The summed E-state index contributed by atoms with van der Waals surface area (Å²) in [5.74, 6) is 0.683. The second-order valence-electron chi connectivity index (χ2n) is 7.67. The number of likely N-dealkylation sites (tertiary alicyclic amines) is 1. The molecule has 1 fully saturated rings. The Labute approximate surface area is 169 Å². The van der Waals surface area contributed by atoms with Gasteiger partial charge >= 0.3 is 0 Å². The van der Waals surface area contributed by atoms with Crippen molar-refractivity contribution in [2.45, 2.75) is 32.7 Å². The Bertz CT molecular complexity index is 1090. The third kappa shape index (κ3) is 3.70. The molecule has 0 radical (unpaired) electrons. The lowest BCUT2D eigenvalue weighted by Gasteiger charge is -2.25. The van der Waals surface area contributed by atoms with E-state index in [1.165, 1.54) is 19.5 Å². The number of methoxy groups -OCH3 is 1. The van der Waals surface area contributed by atoms with Gasteiger partial charge in [-0.2, -0.15) is 15.6 Å². The molecule has 1 atom stereocenters. The quantitative estimate of drug-likeness (QED) is 0.623. The van der Waals surface area contributed by atoms with E-state index in [0.29, 0.717) is 34.6 Å². The van der Waals surface area contributed by atoms with Crippen molar-refractivity contribution in [2.75, 3.05) is 13.7 Å². The van der Waals surface area contributed by atoms with Crippen LogP contribution in [0.2, 0.25) is 0 Å². The lowest BCUT2D eigenvalue weighted by Crippen LogP contribution is -2.33. The fraction of sp³-hybridized carbons (Fsp3) is 0.381. The summed E-state index contributed by atoms with van der Waals surface area (Å²) in [4.78, 5) is 6.37. The minimum Gasteiger partial charge on any atom is -0.494 e. The van der Waals surface area contributed by atoms with Gasteiger partial charge in [0.05, 0.1) is 13.3 Å². The zero-order chi connectivity index (χ0) is 21.2. The van der Waals surface area contributed by atoms with Gasteiger partial charge in [-0.3, -0.25) is 4.99 Å². The predicted octanol–water partition coefficient (Wildman–Crippen LogP) is 3.25. The summed E-state index contributed by atoms with van der Waals surface area (Å²) in [5.41, 5.74) is 2.87. The Morgan fingerprint density at radius 3 is 2.79 bits per heavy atom. The number of aliphatic imine (C=N–C) groups is 1. The largest absolute Gasteiger partial charge is 0.494 e. The lowest BCUT2D eigenvalue weighted by molar-refractivity contribution is 0.262. The number of nitrogens with zero attached hydrogens (tertiary/aromatic N) is 6. The molecule has 0 aliphatic carbocycles. The molecular formula is C21H23N7O. The molecule has 2 aromatic heterocycles. The fourth-order valence-electron chi connectivity index (χ4n) is 3.73. The molecule has 0 bridgehead atoms. The summed E-state index contributed by atoms with van der Waals surface area (Å²) in [6.45, 7) is 6.59. The molecule has 0 amide bonds. The van der Waals surface area contributed by atoms with Crippen molar-refractivity contribution in [3.8, 4) is 18.0 Å². The van der Waals surface area contributed by atoms with Crippen LogP contribution >= 0.6 is 0 Å². The number of ether oxygens (including phenoxy) is 1. The number of pyridine rings is 1. The topological polar surface area (TPSA) is 114 Å². The first-order valence-electron chi connectivity index (χ1n) is 9.23. The standard InChI is InChI=1S/C21H23N7O/c1-14(25-9-15-6-21(2,3)27(11-15)13-24)18(8-23)16-5-19(29-4)20-17(7-22)10-26-28(20)12-16/h5,8-10,12,15,23H,6,11H2,1-4H3/b18-14+,23-8?,25-9?. The van der Waals surface area contributed by atoms with Crippen molar-refractivity contribution in [3.63, 3.8) is 0 Å². The van der Waals surface area contributed by atoms with Crippen molar-refractivity contribution >= 4 is 23.5 Å². The third-order valence-electron chi connectivity index (χ3n) is 5.27. The van der Waals surface area contributed by atoms with Gasteiger partial charge in [0.15, 0.2) is 6.19 Å². The fourth-order valence-corrected chi connectivity index (χ4v) is 3.73. The van der Waals surface area contributed by atoms with Crippen molar-refractivity contribution in [1.29, 1.82) is 15.9 Å². The highest BCUT2D eigenvalue weighted by atomic mass is 16.5. The molecule has 8 nitrogen and oxygen atoms in total. The Balaban J connectivity index is 1.96. The summed E-state index contributed by atoms with van der Waals surface area (Å²) in [5, 5.41) is 30.6. The van der Waals surface area contributed by atoms with E-state index in [0.717, 1.165) is 12.0 Å². The highest BCUT2D eigenvalue weighted by Crippen LogP contribution is 2.32. The molecule has 1 saturated heterocycles. The van der Waals surface area contributed by atoms with Crippen LogP contribution in [-0.2, 0) is 0 Å². The molecule has 1 N–H and O–H groups in total. The molecule has 0 spiro atoms. The van der Waals surface area contributed by atoms with E-state index in [9.17, 15) is 10.5 Å². The van der Waals surface area contributed by atoms with Crippen LogP contribution in [0.25, 0.3) is 11.1 Å². The Morgan fingerprint density at radius 1 is 1.45 bits per heavy atom. The summed E-state index contributed by atoms with van der Waals surface area (Å²) in [6, 6.07) is 3.89. The van der Waals surface area contributed by atoms with E-state index in [1.807, 2.05) is 13.1 Å². The summed E-state index contributed by atoms with van der Waals surface area (Å²) >= 11 is 0. The van der Waals surface area contributed by atoms with Crippen LogP contribution in [-0.4, -0.2) is 46.1 Å². The van der Waals surface area contributed by atoms with Crippen molar-refractivity contribution in [3.05, 3.63) is 35.3 Å². The maximum Gasteiger partial charge on any atom is 0.179 e. The first kappa shape index (κ1) is 20.1. The summed E-state index contributed by atoms with van der Waals surface area (Å²) in [7, 11) is 1.54. The molecule has 0 aromatic carbocycles. The summed E-state index contributed by atoms with van der Waals surface area (Å²) in [6.07, 6.45) is 9.46. The molecule has 1 aliphatic rings. The van der Waals surface area contributed by atoms with Crippen LogP contribution in [0.1, 0.15) is 38.3 Å². The number of fused-ring (bicyclic) bond motifs is 1. The van der Waals surface area contributed by atoms with Crippen LogP contribution in [0.15, 0.2) is 29.1 Å². The van der Waals surface area contributed by atoms with E-state index in [4.69, 9.17) is 10.1 Å². The van der Waals surface area contributed by atoms with Gasteiger partial charge in [0.1, 0.15) is 22.9 Å². The Kier molecular flexibility index (Phi) is 5.38. The van der Waals surface area contributed by atoms with Gasteiger partial charge in [-0.05, 0) is 33.3 Å². The predicted molar refractivity (Wildman–Crippen MR) is 111 cm³/mol. The SMILES string of the molecule is COc1cc(/C(C=N)=C(\C)N=CC2CN(C#N)C(C)(C)C2)cn2ncc(C#N)c12.